The summed E-state index contributed by atoms with van der Waals surface area (Å²) < 4.78 is 1.93. The summed E-state index contributed by atoms with van der Waals surface area (Å²) in [5.41, 5.74) is 4.38. The van der Waals surface area contributed by atoms with Gasteiger partial charge in [0.05, 0.1) is 17.4 Å². The molecular weight excluding hydrogens is 238 g/mol. The number of nitrogens with zero attached hydrogens (tertiary/aromatic N) is 2. The number of hydrogen-bond donors (Lipinski definition) is 1. The van der Waals surface area contributed by atoms with Crippen LogP contribution in [0.5, 0.6) is 0 Å². The fraction of sp³-hybridized carbons (Fsp3) is 0.467. The van der Waals surface area contributed by atoms with E-state index in [2.05, 4.69) is 36.3 Å². The third-order valence-electron chi connectivity index (χ3n) is 3.42. The van der Waals surface area contributed by atoms with Crippen molar-refractivity contribution >= 4 is 16.9 Å². The zero-order chi connectivity index (χ0) is 14.2. The zero-order valence-electron chi connectivity index (χ0n) is 12.2. The molecule has 0 radical (unpaired) electrons. The van der Waals surface area contributed by atoms with Crippen LogP contribution in [0.4, 0.5) is 0 Å². The molecule has 0 fully saturated rings. The predicted octanol–water partition coefficient (Wildman–Crippen LogP) is 2.74. The number of aromatic nitrogens is 2. The third-order valence-corrected chi connectivity index (χ3v) is 3.42. The van der Waals surface area contributed by atoms with Crippen LogP contribution in [-0.4, -0.2) is 21.5 Å². The van der Waals surface area contributed by atoms with Crippen molar-refractivity contribution in [3.8, 4) is 0 Å². The number of fused-ring (bicyclic) bond motifs is 1. The van der Waals surface area contributed by atoms with Gasteiger partial charge in [-0.2, -0.15) is 0 Å². The van der Waals surface area contributed by atoms with E-state index in [1.807, 2.05) is 25.3 Å². The van der Waals surface area contributed by atoms with E-state index in [1.165, 1.54) is 11.1 Å². The molecule has 0 aliphatic heterocycles. The van der Waals surface area contributed by atoms with Crippen molar-refractivity contribution in [2.24, 2.45) is 0 Å². The average molecular weight is 259 g/mol. The van der Waals surface area contributed by atoms with Crippen molar-refractivity contribution in [1.29, 1.82) is 0 Å². The summed E-state index contributed by atoms with van der Waals surface area (Å²) in [6.07, 6.45) is 1.74. The molecule has 1 atom stereocenters. The molecule has 2 rings (SSSR count). The lowest BCUT2D eigenvalue weighted by Crippen LogP contribution is -2.35. The minimum Gasteiger partial charge on any atom is -0.352 e. The number of carbonyl (C=O) groups excluding carboxylic acids is 1. The molecule has 1 unspecified atom stereocenters. The van der Waals surface area contributed by atoms with Gasteiger partial charge in [-0.25, -0.2) is 4.98 Å². The van der Waals surface area contributed by atoms with Crippen LogP contribution in [0.3, 0.4) is 0 Å². The Kier molecular flexibility index (Phi) is 3.60. The van der Waals surface area contributed by atoms with E-state index in [1.54, 1.807) is 6.33 Å². The van der Waals surface area contributed by atoms with Gasteiger partial charge in [-0.05, 0) is 57.9 Å². The second-order valence-electron chi connectivity index (χ2n) is 5.42. The van der Waals surface area contributed by atoms with Gasteiger partial charge in [0.2, 0.25) is 5.91 Å². The topological polar surface area (TPSA) is 46.9 Å². The molecule has 2 aromatic rings. The number of hydrogen-bond acceptors (Lipinski definition) is 2. The molecule has 4 nitrogen and oxygen atoms in total. The van der Waals surface area contributed by atoms with E-state index in [-0.39, 0.29) is 18.0 Å². The van der Waals surface area contributed by atoms with Crippen LogP contribution in [0.1, 0.15) is 37.9 Å². The van der Waals surface area contributed by atoms with E-state index in [0.717, 1.165) is 11.0 Å². The predicted molar refractivity (Wildman–Crippen MR) is 77.2 cm³/mol. The van der Waals surface area contributed by atoms with Crippen molar-refractivity contribution in [3.63, 3.8) is 0 Å². The number of rotatable bonds is 3. The summed E-state index contributed by atoms with van der Waals surface area (Å²) in [6.45, 7) is 9.97. The molecule has 1 aromatic carbocycles. The summed E-state index contributed by atoms with van der Waals surface area (Å²) in [7, 11) is 0. The molecule has 0 spiro atoms. The first-order valence-electron chi connectivity index (χ1n) is 6.64. The maximum Gasteiger partial charge on any atom is 0.243 e. The van der Waals surface area contributed by atoms with Crippen LogP contribution >= 0.6 is 0 Å². The van der Waals surface area contributed by atoms with Gasteiger partial charge in [0.15, 0.2) is 0 Å². The molecule has 0 aliphatic rings. The Morgan fingerprint density at radius 2 is 1.84 bits per heavy atom. The summed E-state index contributed by atoms with van der Waals surface area (Å²) in [4.78, 5) is 16.5. The number of nitrogens with one attached hydrogen (secondary N) is 1. The van der Waals surface area contributed by atoms with E-state index in [9.17, 15) is 4.79 Å². The van der Waals surface area contributed by atoms with Gasteiger partial charge in [-0.1, -0.05) is 0 Å². The van der Waals surface area contributed by atoms with Gasteiger partial charge in [0.1, 0.15) is 6.04 Å². The van der Waals surface area contributed by atoms with Gasteiger partial charge in [-0.15, -0.1) is 0 Å². The lowest BCUT2D eigenvalue weighted by Gasteiger charge is -2.16. The number of benzene rings is 1. The molecular formula is C15H21N3O. The third kappa shape index (κ3) is 2.62. The monoisotopic (exact) mass is 259 g/mol. The highest BCUT2D eigenvalue weighted by Crippen LogP contribution is 2.21. The molecule has 102 valence electrons. The van der Waals surface area contributed by atoms with Crippen LogP contribution in [-0.2, 0) is 4.79 Å². The van der Waals surface area contributed by atoms with Gasteiger partial charge in [0, 0.05) is 6.04 Å². The Morgan fingerprint density at radius 3 is 2.47 bits per heavy atom. The van der Waals surface area contributed by atoms with Crippen molar-refractivity contribution < 1.29 is 4.79 Å². The highest BCUT2D eigenvalue weighted by atomic mass is 16.2. The van der Waals surface area contributed by atoms with Crippen molar-refractivity contribution in [1.82, 2.24) is 14.9 Å². The Balaban J connectivity index is 2.40. The second-order valence-corrected chi connectivity index (χ2v) is 5.42. The largest absolute Gasteiger partial charge is 0.352 e. The number of imidazole rings is 1. The first kappa shape index (κ1) is 13.6. The van der Waals surface area contributed by atoms with E-state index < -0.39 is 0 Å². The van der Waals surface area contributed by atoms with Gasteiger partial charge in [-0.3, -0.25) is 4.79 Å². The summed E-state index contributed by atoms with van der Waals surface area (Å²) in [6, 6.07) is 4.05. The quantitative estimate of drug-likeness (QED) is 0.921. The molecule has 1 aromatic heterocycles. The number of amides is 1. The van der Waals surface area contributed by atoms with Crippen molar-refractivity contribution in [2.45, 2.75) is 46.7 Å². The second kappa shape index (κ2) is 5.03. The molecule has 1 heterocycles. The minimum absolute atomic E-state index is 0.0209. The van der Waals surface area contributed by atoms with Crippen molar-refractivity contribution in [2.75, 3.05) is 0 Å². The first-order valence-corrected chi connectivity index (χ1v) is 6.64. The van der Waals surface area contributed by atoms with Crippen LogP contribution < -0.4 is 5.32 Å². The summed E-state index contributed by atoms with van der Waals surface area (Å²) in [5, 5.41) is 2.93. The molecule has 0 bridgehead atoms. The molecule has 0 saturated heterocycles. The Morgan fingerprint density at radius 1 is 1.21 bits per heavy atom. The Bertz CT molecular complexity index is 613. The average Bonchev–Trinajstić information content (AvgIpc) is 2.70. The zero-order valence-corrected chi connectivity index (χ0v) is 12.2. The smallest absolute Gasteiger partial charge is 0.243 e. The normalized spacial score (nSPS) is 12.9. The first-order chi connectivity index (χ1) is 8.90. The molecule has 0 saturated carbocycles. The fourth-order valence-electron chi connectivity index (χ4n) is 2.12. The van der Waals surface area contributed by atoms with Crippen LogP contribution in [0.2, 0.25) is 0 Å². The molecule has 1 amide bonds. The van der Waals surface area contributed by atoms with Gasteiger partial charge in [0.25, 0.3) is 0 Å². The molecule has 19 heavy (non-hydrogen) atoms. The highest BCUT2D eigenvalue weighted by Gasteiger charge is 2.18. The SMILES string of the molecule is Cc1cc2ncn(C(C)C(=O)NC(C)C)c2cc1C. The number of carbonyl (C=O) groups is 1. The van der Waals surface area contributed by atoms with Crippen molar-refractivity contribution in [3.05, 3.63) is 29.6 Å². The highest BCUT2D eigenvalue weighted by molar-refractivity contribution is 5.84. The molecule has 0 aliphatic carbocycles. The summed E-state index contributed by atoms with van der Waals surface area (Å²) in [5.74, 6) is 0.0209. The van der Waals surface area contributed by atoms with Crippen LogP contribution in [0.15, 0.2) is 18.5 Å². The van der Waals surface area contributed by atoms with Gasteiger partial charge >= 0.3 is 0 Å². The minimum atomic E-state index is -0.255. The standard InChI is InChI=1S/C15H21N3O/c1-9(2)17-15(19)12(5)18-8-16-13-6-10(3)11(4)7-14(13)18/h6-9,12H,1-5H3,(H,17,19). The van der Waals surface area contributed by atoms with E-state index in [0.29, 0.717) is 0 Å². The lowest BCUT2D eigenvalue weighted by atomic mass is 10.1. The van der Waals surface area contributed by atoms with Gasteiger partial charge < -0.3 is 9.88 Å². The maximum absolute atomic E-state index is 12.1. The summed E-state index contributed by atoms with van der Waals surface area (Å²) >= 11 is 0. The number of aryl methyl sites for hydroxylation is 2. The Hall–Kier alpha value is -1.84. The van der Waals surface area contributed by atoms with Crippen LogP contribution in [0.25, 0.3) is 11.0 Å². The molecule has 1 N–H and O–H groups in total. The Labute approximate surface area is 113 Å². The van der Waals surface area contributed by atoms with E-state index in [4.69, 9.17) is 0 Å². The maximum atomic E-state index is 12.1. The van der Waals surface area contributed by atoms with Crippen LogP contribution in [0, 0.1) is 13.8 Å². The fourth-order valence-corrected chi connectivity index (χ4v) is 2.12. The lowest BCUT2D eigenvalue weighted by molar-refractivity contribution is -0.124. The molecule has 4 heteroatoms. The van der Waals surface area contributed by atoms with E-state index >= 15 is 0 Å².